The van der Waals surface area contributed by atoms with E-state index in [2.05, 4.69) is 10.6 Å². The number of hydrogen-bond donors (Lipinski definition) is 2. The van der Waals surface area contributed by atoms with Crippen LogP contribution in [0.5, 0.6) is 0 Å². The lowest BCUT2D eigenvalue weighted by Crippen LogP contribution is -2.33. The maximum atomic E-state index is 12.0. The largest absolute Gasteiger partial charge is 0.343 e. The Hall–Kier alpha value is -1.75. The van der Waals surface area contributed by atoms with Crippen molar-refractivity contribution in [3.63, 3.8) is 0 Å². The fraction of sp³-hybridized carbons (Fsp3) is 0.0667. The summed E-state index contributed by atoms with van der Waals surface area (Å²) in [5.41, 5.74) is 0.726. The Morgan fingerprint density at radius 3 is 2.36 bits per heavy atom. The molecule has 2 aromatic carbocycles. The van der Waals surface area contributed by atoms with Gasteiger partial charge in [0.2, 0.25) is 5.91 Å². The van der Waals surface area contributed by atoms with Crippen LogP contribution in [0.15, 0.2) is 42.5 Å². The second-order valence-electron chi connectivity index (χ2n) is 4.33. The first kappa shape index (κ1) is 16.6. The van der Waals surface area contributed by atoms with Gasteiger partial charge in [0.1, 0.15) is 0 Å². The maximum absolute atomic E-state index is 12.0. The lowest BCUT2D eigenvalue weighted by Gasteiger charge is -2.09. The van der Waals surface area contributed by atoms with Gasteiger partial charge >= 0.3 is 0 Å². The first-order chi connectivity index (χ1) is 10.5. The summed E-state index contributed by atoms with van der Waals surface area (Å²) >= 11 is 17.6. The summed E-state index contributed by atoms with van der Waals surface area (Å²) in [6.45, 7) is -0.205. The van der Waals surface area contributed by atoms with Crippen LogP contribution in [-0.4, -0.2) is 18.4 Å². The zero-order chi connectivity index (χ0) is 16.1. The highest BCUT2D eigenvalue weighted by molar-refractivity contribution is 6.36. The summed E-state index contributed by atoms with van der Waals surface area (Å²) in [7, 11) is 0. The second-order valence-corrected chi connectivity index (χ2v) is 5.59. The lowest BCUT2D eigenvalue weighted by molar-refractivity contribution is -0.115. The van der Waals surface area contributed by atoms with E-state index in [0.717, 1.165) is 0 Å². The number of benzene rings is 2. The number of halogens is 3. The average molecular weight is 358 g/mol. The van der Waals surface area contributed by atoms with Gasteiger partial charge < -0.3 is 10.6 Å². The van der Waals surface area contributed by atoms with Crippen molar-refractivity contribution in [1.82, 2.24) is 5.32 Å². The van der Waals surface area contributed by atoms with E-state index in [4.69, 9.17) is 34.8 Å². The van der Waals surface area contributed by atoms with Crippen molar-refractivity contribution >= 4 is 52.3 Å². The molecule has 114 valence electrons. The third-order valence-electron chi connectivity index (χ3n) is 2.73. The number of anilines is 1. The molecule has 0 radical (unpaired) electrons. The Labute approximate surface area is 142 Å². The zero-order valence-corrected chi connectivity index (χ0v) is 13.5. The molecule has 0 saturated carbocycles. The van der Waals surface area contributed by atoms with Crippen molar-refractivity contribution < 1.29 is 9.59 Å². The van der Waals surface area contributed by atoms with E-state index >= 15 is 0 Å². The van der Waals surface area contributed by atoms with E-state index < -0.39 is 11.8 Å². The maximum Gasteiger partial charge on any atom is 0.253 e. The summed E-state index contributed by atoms with van der Waals surface area (Å²) in [5.74, 6) is -0.859. The van der Waals surface area contributed by atoms with Gasteiger partial charge in [0.15, 0.2) is 0 Å². The van der Waals surface area contributed by atoms with Gasteiger partial charge in [-0.25, -0.2) is 0 Å². The van der Waals surface area contributed by atoms with Crippen molar-refractivity contribution in [1.29, 1.82) is 0 Å². The molecule has 7 heteroatoms. The van der Waals surface area contributed by atoms with Crippen LogP contribution in [0, 0.1) is 0 Å². The van der Waals surface area contributed by atoms with E-state index in [-0.39, 0.29) is 17.1 Å². The second kappa shape index (κ2) is 7.49. The normalized spacial score (nSPS) is 10.1. The van der Waals surface area contributed by atoms with E-state index in [1.807, 2.05) is 0 Å². The fourth-order valence-electron chi connectivity index (χ4n) is 1.69. The molecular formula is C15H11Cl3N2O2. The van der Waals surface area contributed by atoms with Crippen LogP contribution in [0.3, 0.4) is 0 Å². The summed E-state index contributed by atoms with van der Waals surface area (Å²) in [6.07, 6.45) is 0. The molecule has 0 aliphatic heterocycles. The van der Waals surface area contributed by atoms with Crippen LogP contribution in [-0.2, 0) is 4.79 Å². The summed E-state index contributed by atoms with van der Waals surface area (Å²) in [4.78, 5) is 23.8. The number of carbonyl (C=O) groups excluding carboxylic acids is 2. The molecule has 2 amide bonds. The summed E-state index contributed by atoms with van der Waals surface area (Å²) in [5, 5.41) is 6.15. The Bertz CT molecular complexity index is 720. The van der Waals surface area contributed by atoms with Gasteiger partial charge in [0, 0.05) is 5.02 Å². The topological polar surface area (TPSA) is 58.2 Å². The standard InChI is InChI=1S/C15H11Cl3N2O2/c16-9-5-6-10(12(18)7-9)15(22)19-8-14(21)20-13-4-2-1-3-11(13)17/h1-7H,8H2,(H,19,22)(H,20,21). The molecule has 0 unspecified atom stereocenters. The minimum Gasteiger partial charge on any atom is -0.343 e. The van der Waals surface area contributed by atoms with Gasteiger partial charge in [-0.2, -0.15) is 0 Å². The minimum absolute atomic E-state index is 0.205. The molecule has 0 aliphatic carbocycles. The van der Waals surface area contributed by atoms with Crippen molar-refractivity contribution in [2.24, 2.45) is 0 Å². The van der Waals surface area contributed by atoms with E-state index in [0.29, 0.717) is 15.7 Å². The fourth-order valence-corrected chi connectivity index (χ4v) is 2.36. The highest BCUT2D eigenvalue weighted by Crippen LogP contribution is 2.21. The Kier molecular flexibility index (Phi) is 5.66. The van der Waals surface area contributed by atoms with Gasteiger partial charge in [0.25, 0.3) is 5.91 Å². The Morgan fingerprint density at radius 2 is 1.68 bits per heavy atom. The predicted octanol–water partition coefficient (Wildman–Crippen LogP) is 4.02. The highest BCUT2D eigenvalue weighted by atomic mass is 35.5. The Balaban J connectivity index is 1.93. The quantitative estimate of drug-likeness (QED) is 0.868. The van der Waals surface area contributed by atoms with Crippen molar-refractivity contribution in [3.8, 4) is 0 Å². The van der Waals surface area contributed by atoms with Crippen LogP contribution in [0.2, 0.25) is 15.1 Å². The molecule has 0 heterocycles. The Morgan fingerprint density at radius 1 is 0.955 bits per heavy atom. The summed E-state index contributed by atoms with van der Waals surface area (Å²) < 4.78 is 0. The van der Waals surface area contributed by atoms with Crippen molar-refractivity contribution in [2.75, 3.05) is 11.9 Å². The van der Waals surface area contributed by atoms with Gasteiger partial charge in [-0.1, -0.05) is 46.9 Å². The van der Waals surface area contributed by atoms with Gasteiger partial charge in [-0.05, 0) is 30.3 Å². The zero-order valence-electron chi connectivity index (χ0n) is 11.2. The highest BCUT2D eigenvalue weighted by Gasteiger charge is 2.12. The number of carbonyl (C=O) groups is 2. The number of rotatable bonds is 4. The van der Waals surface area contributed by atoms with Crippen LogP contribution < -0.4 is 10.6 Å². The lowest BCUT2D eigenvalue weighted by atomic mass is 10.2. The molecule has 0 aliphatic rings. The molecule has 0 aromatic heterocycles. The van der Waals surface area contributed by atoms with Crippen LogP contribution in [0.4, 0.5) is 5.69 Å². The SMILES string of the molecule is O=C(CNC(=O)c1ccc(Cl)cc1Cl)Nc1ccccc1Cl. The average Bonchev–Trinajstić information content (AvgIpc) is 2.47. The molecule has 2 rings (SSSR count). The monoisotopic (exact) mass is 356 g/mol. The van der Waals surface area contributed by atoms with Crippen LogP contribution in [0.1, 0.15) is 10.4 Å². The number of nitrogens with one attached hydrogen (secondary N) is 2. The van der Waals surface area contributed by atoms with E-state index in [1.54, 1.807) is 30.3 Å². The van der Waals surface area contributed by atoms with Crippen molar-refractivity contribution in [2.45, 2.75) is 0 Å². The van der Waals surface area contributed by atoms with E-state index in [1.165, 1.54) is 12.1 Å². The molecule has 0 spiro atoms. The molecular weight excluding hydrogens is 347 g/mol. The molecule has 2 N–H and O–H groups in total. The first-order valence-corrected chi connectivity index (χ1v) is 7.38. The van der Waals surface area contributed by atoms with Gasteiger partial charge in [0.05, 0.1) is 27.8 Å². The molecule has 4 nitrogen and oxygen atoms in total. The molecule has 0 bridgehead atoms. The minimum atomic E-state index is -0.462. The molecule has 2 aromatic rings. The third-order valence-corrected chi connectivity index (χ3v) is 3.61. The third kappa shape index (κ3) is 4.37. The number of para-hydroxylation sites is 1. The smallest absolute Gasteiger partial charge is 0.253 e. The first-order valence-electron chi connectivity index (χ1n) is 6.25. The van der Waals surface area contributed by atoms with Crippen LogP contribution >= 0.6 is 34.8 Å². The van der Waals surface area contributed by atoms with Crippen LogP contribution in [0.25, 0.3) is 0 Å². The summed E-state index contributed by atoms with van der Waals surface area (Å²) in [6, 6.07) is 11.3. The van der Waals surface area contributed by atoms with Gasteiger partial charge in [-0.15, -0.1) is 0 Å². The molecule has 0 atom stereocenters. The van der Waals surface area contributed by atoms with Crippen molar-refractivity contribution in [3.05, 3.63) is 63.1 Å². The number of amides is 2. The van der Waals surface area contributed by atoms with E-state index in [9.17, 15) is 9.59 Å². The molecule has 22 heavy (non-hydrogen) atoms. The predicted molar refractivity (Wildman–Crippen MR) is 88.9 cm³/mol. The molecule has 0 saturated heterocycles. The molecule has 0 fully saturated rings. The van der Waals surface area contributed by atoms with Gasteiger partial charge in [-0.3, -0.25) is 9.59 Å². The number of hydrogen-bond acceptors (Lipinski definition) is 2.